The van der Waals surface area contributed by atoms with Crippen molar-refractivity contribution in [1.82, 2.24) is 10.2 Å². The van der Waals surface area contributed by atoms with Gasteiger partial charge in [-0.3, -0.25) is 13.9 Å². The van der Waals surface area contributed by atoms with Crippen molar-refractivity contribution in [2.75, 3.05) is 23.7 Å². The summed E-state index contributed by atoms with van der Waals surface area (Å²) in [6.07, 6.45) is 1.36. The van der Waals surface area contributed by atoms with Crippen LogP contribution in [0.5, 0.6) is 0 Å². The van der Waals surface area contributed by atoms with Gasteiger partial charge in [0.15, 0.2) is 0 Å². The summed E-state index contributed by atoms with van der Waals surface area (Å²) < 4.78 is 28.5. The zero-order chi connectivity index (χ0) is 28.6. The highest BCUT2D eigenvalue weighted by Crippen LogP contribution is 2.22. The molecule has 0 heterocycles. The number of hydrogen-bond acceptors (Lipinski definition) is 4. The van der Waals surface area contributed by atoms with Crippen LogP contribution in [0.25, 0.3) is 0 Å². The Morgan fingerprint density at radius 2 is 1.59 bits per heavy atom. The van der Waals surface area contributed by atoms with Crippen molar-refractivity contribution in [1.29, 1.82) is 0 Å². The van der Waals surface area contributed by atoms with Crippen LogP contribution >= 0.6 is 38.5 Å². The van der Waals surface area contributed by atoms with Crippen LogP contribution in [0.2, 0.25) is 0 Å². The average molecular weight is 726 g/mol. The lowest BCUT2D eigenvalue weighted by Gasteiger charge is -2.33. The van der Waals surface area contributed by atoms with Gasteiger partial charge in [0.05, 0.1) is 11.9 Å². The number of rotatable bonds is 12. The van der Waals surface area contributed by atoms with Gasteiger partial charge in [0, 0.05) is 27.6 Å². The van der Waals surface area contributed by atoms with Crippen LogP contribution in [0.1, 0.15) is 25.0 Å². The molecule has 7 nitrogen and oxygen atoms in total. The minimum absolute atomic E-state index is 0.134. The van der Waals surface area contributed by atoms with Gasteiger partial charge in [-0.1, -0.05) is 72.2 Å². The van der Waals surface area contributed by atoms with Gasteiger partial charge in [-0.25, -0.2) is 8.42 Å². The lowest BCUT2D eigenvalue weighted by molar-refractivity contribution is -0.140. The number of nitrogens with one attached hydrogen (secondary N) is 1. The monoisotopic (exact) mass is 725 g/mol. The number of hydrogen-bond donors (Lipinski definition) is 1. The summed E-state index contributed by atoms with van der Waals surface area (Å²) in [6, 6.07) is 23.1. The van der Waals surface area contributed by atoms with Crippen molar-refractivity contribution in [2.45, 2.75) is 32.9 Å². The summed E-state index contributed by atoms with van der Waals surface area (Å²) in [5.41, 5.74) is 2.09. The largest absolute Gasteiger partial charge is 0.354 e. The van der Waals surface area contributed by atoms with E-state index in [0.29, 0.717) is 12.2 Å². The number of sulfonamides is 1. The molecule has 0 saturated heterocycles. The molecular formula is C29H33BrIN3O4S. The summed E-state index contributed by atoms with van der Waals surface area (Å²) in [5, 5.41) is 2.98. The van der Waals surface area contributed by atoms with E-state index < -0.39 is 28.5 Å². The molecule has 0 aliphatic carbocycles. The van der Waals surface area contributed by atoms with Gasteiger partial charge in [0.1, 0.15) is 12.6 Å². The van der Waals surface area contributed by atoms with E-state index in [1.54, 1.807) is 24.3 Å². The van der Waals surface area contributed by atoms with E-state index in [2.05, 4.69) is 43.8 Å². The third kappa shape index (κ3) is 9.61. The maximum Gasteiger partial charge on any atom is 0.244 e. The van der Waals surface area contributed by atoms with Crippen LogP contribution in [0.3, 0.4) is 0 Å². The highest BCUT2D eigenvalue weighted by Gasteiger charge is 2.33. The summed E-state index contributed by atoms with van der Waals surface area (Å²) in [5.74, 6) is -0.530. The molecule has 1 atom stereocenters. The van der Waals surface area contributed by atoms with E-state index in [9.17, 15) is 18.0 Å². The fourth-order valence-corrected chi connectivity index (χ4v) is 5.69. The predicted molar refractivity (Wildman–Crippen MR) is 168 cm³/mol. The van der Waals surface area contributed by atoms with Crippen molar-refractivity contribution in [2.24, 2.45) is 5.92 Å². The summed E-state index contributed by atoms with van der Waals surface area (Å²) in [4.78, 5) is 29.1. The zero-order valence-corrected chi connectivity index (χ0v) is 26.7. The fourth-order valence-electron chi connectivity index (χ4n) is 4.03. The standard InChI is InChI=1S/C29H33BrIN3O4S/c1-21(2)18-32-29(36)27(17-22-8-5-4-6-9-22)33(19-23-10-7-11-24(30)16-23)28(35)20-34(39(3,37)38)26-14-12-25(31)13-15-26/h4-16,21,27H,17-20H2,1-3H3,(H,32,36)/t27-/m1/s1. The van der Waals surface area contributed by atoms with E-state index in [1.165, 1.54) is 4.90 Å². The second kappa shape index (κ2) is 14.3. The van der Waals surface area contributed by atoms with Gasteiger partial charge in [-0.2, -0.15) is 0 Å². The second-order valence-electron chi connectivity index (χ2n) is 9.74. The van der Waals surface area contributed by atoms with E-state index >= 15 is 0 Å². The molecule has 3 rings (SSSR count). The van der Waals surface area contributed by atoms with Crippen molar-refractivity contribution in [3.05, 3.63) is 98.0 Å². The zero-order valence-electron chi connectivity index (χ0n) is 22.2. The molecule has 0 radical (unpaired) electrons. The number of nitrogens with zero attached hydrogens (tertiary/aromatic N) is 2. The lowest BCUT2D eigenvalue weighted by Crippen LogP contribution is -2.53. The first-order valence-corrected chi connectivity index (χ1v) is 16.2. The Hall–Kier alpha value is -2.44. The molecule has 39 heavy (non-hydrogen) atoms. The molecule has 3 aromatic carbocycles. The molecule has 0 aliphatic heterocycles. The Bertz CT molecular complexity index is 1370. The molecule has 1 N–H and O–H groups in total. The Morgan fingerprint density at radius 3 is 2.18 bits per heavy atom. The molecule has 0 fully saturated rings. The van der Waals surface area contributed by atoms with Crippen LogP contribution in [0.15, 0.2) is 83.3 Å². The van der Waals surface area contributed by atoms with Crippen molar-refractivity contribution in [3.8, 4) is 0 Å². The molecule has 0 aromatic heterocycles. The predicted octanol–water partition coefficient (Wildman–Crippen LogP) is 5.23. The highest BCUT2D eigenvalue weighted by molar-refractivity contribution is 14.1. The second-order valence-corrected chi connectivity index (χ2v) is 13.8. The van der Waals surface area contributed by atoms with Crippen molar-refractivity contribution >= 4 is 66.0 Å². The lowest BCUT2D eigenvalue weighted by atomic mass is 10.0. The van der Waals surface area contributed by atoms with Crippen LogP contribution < -0.4 is 9.62 Å². The van der Waals surface area contributed by atoms with Crippen LogP contribution in [-0.2, 0) is 32.6 Å². The van der Waals surface area contributed by atoms with Crippen LogP contribution in [0.4, 0.5) is 5.69 Å². The summed E-state index contributed by atoms with van der Waals surface area (Å²) in [6.45, 7) is 4.16. The molecule has 0 saturated carbocycles. The number of amides is 2. The smallest absolute Gasteiger partial charge is 0.244 e. The minimum Gasteiger partial charge on any atom is -0.354 e. The summed E-state index contributed by atoms with van der Waals surface area (Å²) >= 11 is 5.62. The first-order chi connectivity index (χ1) is 18.4. The van der Waals surface area contributed by atoms with Crippen molar-refractivity contribution in [3.63, 3.8) is 0 Å². The molecule has 208 valence electrons. The van der Waals surface area contributed by atoms with Gasteiger partial charge in [0.2, 0.25) is 21.8 Å². The summed E-state index contributed by atoms with van der Waals surface area (Å²) in [7, 11) is -3.79. The Labute approximate surface area is 253 Å². The molecule has 2 amide bonds. The normalized spacial score (nSPS) is 12.2. The Morgan fingerprint density at radius 1 is 0.949 bits per heavy atom. The third-order valence-electron chi connectivity index (χ3n) is 5.99. The molecule has 0 spiro atoms. The van der Waals surface area contributed by atoms with Crippen LogP contribution in [0, 0.1) is 9.49 Å². The van der Waals surface area contributed by atoms with E-state index in [0.717, 1.165) is 29.7 Å². The van der Waals surface area contributed by atoms with E-state index in [4.69, 9.17) is 0 Å². The third-order valence-corrected chi connectivity index (χ3v) is 8.34. The van der Waals surface area contributed by atoms with Crippen molar-refractivity contribution < 1.29 is 18.0 Å². The molecule has 10 heteroatoms. The van der Waals surface area contributed by atoms with Gasteiger partial charge in [-0.05, 0) is 76.0 Å². The van der Waals surface area contributed by atoms with Gasteiger partial charge in [-0.15, -0.1) is 0 Å². The van der Waals surface area contributed by atoms with E-state index in [1.807, 2.05) is 68.4 Å². The Kier molecular flexibility index (Phi) is 11.4. The highest BCUT2D eigenvalue weighted by atomic mass is 127. The maximum atomic E-state index is 14.0. The molecule has 0 aliphatic rings. The van der Waals surface area contributed by atoms with E-state index in [-0.39, 0.29) is 24.8 Å². The number of benzene rings is 3. The Balaban J connectivity index is 2.04. The molecule has 0 bridgehead atoms. The number of carbonyl (C=O) groups is 2. The first-order valence-electron chi connectivity index (χ1n) is 12.5. The maximum absolute atomic E-state index is 14.0. The topological polar surface area (TPSA) is 86.8 Å². The molecule has 3 aromatic rings. The average Bonchev–Trinajstić information content (AvgIpc) is 2.88. The molecular weight excluding hydrogens is 693 g/mol. The minimum atomic E-state index is -3.79. The van der Waals surface area contributed by atoms with Gasteiger partial charge < -0.3 is 10.2 Å². The number of carbonyl (C=O) groups excluding carboxylic acids is 2. The SMILES string of the molecule is CC(C)CNC(=O)[C@@H](Cc1ccccc1)N(Cc1cccc(Br)c1)C(=O)CN(c1ccc(I)cc1)S(C)(=O)=O. The first kappa shape index (κ1) is 31.1. The number of halogens is 2. The van der Waals surface area contributed by atoms with Crippen LogP contribution in [-0.4, -0.2) is 50.5 Å². The quantitative estimate of drug-likeness (QED) is 0.259. The van der Waals surface area contributed by atoms with Gasteiger partial charge in [0.25, 0.3) is 0 Å². The fraction of sp³-hybridized carbons (Fsp3) is 0.310. The van der Waals surface area contributed by atoms with Gasteiger partial charge >= 0.3 is 0 Å². The number of anilines is 1. The molecule has 0 unspecified atom stereocenters.